The molecule has 0 radical (unpaired) electrons. The van der Waals surface area contributed by atoms with Crippen LogP contribution in [-0.2, 0) is 9.59 Å². The van der Waals surface area contributed by atoms with Crippen LogP contribution in [0.5, 0.6) is 11.5 Å². The number of rotatable bonds is 7. The fourth-order valence-corrected chi connectivity index (χ4v) is 3.25. The molecule has 2 aromatic rings. The van der Waals surface area contributed by atoms with E-state index < -0.39 is 0 Å². The Hall–Kier alpha value is -3.35. The van der Waals surface area contributed by atoms with Gasteiger partial charge in [-0.25, -0.2) is 0 Å². The third-order valence-corrected chi connectivity index (χ3v) is 4.66. The maximum Gasteiger partial charge on any atom is 0.265 e. The number of benzene rings is 2. The van der Waals surface area contributed by atoms with Crippen LogP contribution >= 0.6 is 0 Å². The Morgan fingerprint density at radius 3 is 2.63 bits per heavy atom. The summed E-state index contributed by atoms with van der Waals surface area (Å²) in [7, 11) is 0. The van der Waals surface area contributed by atoms with Crippen molar-refractivity contribution in [2.45, 2.75) is 33.7 Å². The number of hydrogen-bond acceptors (Lipinski definition) is 5. The molecule has 2 amide bonds. The molecule has 0 unspecified atom stereocenters. The summed E-state index contributed by atoms with van der Waals surface area (Å²) < 4.78 is 11.1. The highest BCUT2D eigenvalue weighted by molar-refractivity contribution is 6.04. The summed E-state index contributed by atoms with van der Waals surface area (Å²) in [6, 6.07) is 10.6. The normalized spacial score (nSPS) is 13.0. The van der Waals surface area contributed by atoms with Crippen LogP contribution in [0.25, 0.3) is 0 Å². The number of ether oxygens (including phenoxy) is 2. The molecule has 1 aliphatic heterocycles. The second-order valence-electron chi connectivity index (χ2n) is 7.65. The number of anilines is 1. The van der Waals surface area contributed by atoms with Gasteiger partial charge in [0.25, 0.3) is 5.91 Å². The molecule has 1 aliphatic rings. The molecule has 2 aromatic carbocycles. The Balaban J connectivity index is 1.76. The second-order valence-corrected chi connectivity index (χ2v) is 7.65. The van der Waals surface area contributed by atoms with Gasteiger partial charge in [0.2, 0.25) is 5.91 Å². The topological polar surface area (TPSA) is 84.9 Å². The predicted molar refractivity (Wildman–Crippen MR) is 113 cm³/mol. The highest BCUT2D eigenvalue weighted by Crippen LogP contribution is 2.33. The summed E-state index contributed by atoms with van der Waals surface area (Å²) in [6.45, 7) is 7.19. The molecular weight excluding hydrogens is 384 g/mol. The van der Waals surface area contributed by atoms with Crippen LogP contribution in [0, 0.1) is 13.8 Å². The van der Waals surface area contributed by atoms with Crippen molar-refractivity contribution in [3.63, 3.8) is 0 Å². The average molecular weight is 410 g/mol. The number of nitrogens with zero attached hydrogens (tertiary/aromatic N) is 1. The fourth-order valence-electron chi connectivity index (χ4n) is 3.25. The molecular formula is C23H26N2O5. The number of carbonyl (C=O) groups is 3. The molecule has 30 heavy (non-hydrogen) atoms. The third-order valence-electron chi connectivity index (χ3n) is 4.66. The van der Waals surface area contributed by atoms with Crippen molar-refractivity contribution in [2.24, 2.45) is 0 Å². The zero-order valence-corrected chi connectivity index (χ0v) is 17.7. The van der Waals surface area contributed by atoms with Crippen molar-refractivity contribution in [3.8, 4) is 11.5 Å². The van der Waals surface area contributed by atoms with Crippen LogP contribution in [-0.4, -0.2) is 43.4 Å². The van der Waals surface area contributed by atoms with E-state index in [2.05, 4.69) is 5.32 Å². The number of hydrogen-bond donors (Lipinski definition) is 1. The van der Waals surface area contributed by atoms with Gasteiger partial charge < -0.3 is 14.8 Å². The number of nitrogens with one attached hydrogen (secondary N) is 1. The summed E-state index contributed by atoms with van der Waals surface area (Å²) in [5.74, 6) is 0.261. The van der Waals surface area contributed by atoms with E-state index >= 15 is 0 Å². The molecule has 0 saturated heterocycles. The molecule has 7 heteroatoms. The zero-order valence-electron chi connectivity index (χ0n) is 17.7. The number of amides is 2. The molecule has 0 bridgehead atoms. The standard InChI is InChI=1S/C23H26N2O5/c1-14(2)24-22(27)11-25-18-10-17(6-8-21(18)30-13-23(25)28)19(26)12-29-20-7-5-15(3)9-16(20)4/h5-10,14H,11-13H2,1-4H3,(H,24,27). The molecule has 0 aliphatic carbocycles. The van der Waals surface area contributed by atoms with E-state index in [1.54, 1.807) is 18.2 Å². The summed E-state index contributed by atoms with van der Waals surface area (Å²) in [5.41, 5.74) is 2.86. The molecule has 7 nitrogen and oxygen atoms in total. The molecule has 1 heterocycles. The van der Waals surface area contributed by atoms with Gasteiger partial charge in [0.1, 0.15) is 18.0 Å². The number of Topliss-reactive ketones (excluding diaryl/α,β-unsaturated/α-hetero) is 1. The van der Waals surface area contributed by atoms with E-state index in [9.17, 15) is 14.4 Å². The van der Waals surface area contributed by atoms with Crippen molar-refractivity contribution in [1.29, 1.82) is 0 Å². The van der Waals surface area contributed by atoms with Gasteiger partial charge in [-0.2, -0.15) is 0 Å². The molecule has 0 saturated carbocycles. The number of fused-ring (bicyclic) bond motifs is 1. The van der Waals surface area contributed by atoms with E-state index in [1.807, 2.05) is 45.9 Å². The van der Waals surface area contributed by atoms with E-state index in [0.717, 1.165) is 11.1 Å². The third kappa shape index (κ3) is 4.97. The van der Waals surface area contributed by atoms with E-state index in [-0.39, 0.29) is 43.4 Å². The van der Waals surface area contributed by atoms with Crippen LogP contribution < -0.4 is 19.7 Å². The molecule has 1 N–H and O–H groups in total. The summed E-state index contributed by atoms with van der Waals surface area (Å²) in [6.07, 6.45) is 0. The first-order chi connectivity index (χ1) is 14.2. The quantitative estimate of drug-likeness (QED) is 0.710. The summed E-state index contributed by atoms with van der Waals surface area (Å²) >= 11 is 0. The van der Waals surface area contributed by atoms with Crippen LogP contribution in [0.3, 0.4) is 0 Å². The van der Waals surface area contributed by atoms with Crippen LogP contribution in [0.15, 0.2) is 36.4 Å². The minimum atomic E-state index is -0.336. The van der Waals surface area contributed by atoms with E-state index in [4.69, 9.17) is 9.47 Å². The highest BCUT2D eigenvalue weighted by Gasteiger charge is 2.28. The number of aryl methyl sites for hydroxylation is 2. The molecule has 0 atom stereocenters. The highest BCUT2D eigenvalue weighted by atomic mass is 16.5. The lowest BCUT2D eigenvalue weighted by atomic mass is 10.1. The number of carbonyl (C=O) groups excluding carboxylic acids is 3. The Morgan fingerprint density at radius 1 is 1.17 bits per heavy atom. The second kappa shape index (κ2) is 8.98. The summed E-state index contributed by atoms with van der Waals surface area (Å²) in [5, 5.41) is 2.77. The van der Waals surface area contributed by atoms with Gasteiger partial charge in [-0.15, -0.1) is 0 Å². The monoisotopic (exact) mass is 410 g/mol. The molecule has 0 aromatic heterocycles. The maximum absolute atomic E-state index is 12.7. The van der Waals surface area contributed by atoms with Gasteiger partial charge in [-0.1, -0.05) is 17.7 Å². The SMILES string of the molecule is Cc1ccc(OCC(=O)c2ccc3c(c2)N(CC(=O)NC(C)C)C(=O)CO3)c(C)c1. The van der Waals surface area contributed by atoms with E-state index in [1.165, 1.54) is 4.90 Å². The van der Waals surface area contributed by atoms with Crippen molar-refractivity contribution in [1.82, 2.24) is 5.32 Å². The van der Waals surface area contributed by atoms with Gasteiger partial charge in [-0.3, -0.25) is 19.3 Å². The maximum atomic E-state index is 12.7. The summed E-state index contributed by atoms with van der Waals surface area (Å²) in [4.78, 5) is 38.6. The van der Waals surface area contributed by atoms with Crippen LogP contribution in [0.1, 0.15) is 35.3 Å². The predicted octanol–water partition coefficient (Wildman–Crippen LogP) is 2.82. The largest absolute Gasteiger partial charge is 0.485 e. The first kappa shape index (κ1) is 21.4. The minimum Gasteiger partial charge on any atom is -0.485 e. The van der Waals surface area contributed by atoms with Gasteiger partial charge in [-0.05, 0) is 57.5 Å². The minimum absolute atomic E-state index is 0.0385. The Labute approximate surface area is 176 Å². The van der Waals surface area contributed by atoms with Gasteiger partial charge in [0, 0.05) is 11.6 Å². The van der Waals surface area contributed by atoms with Crippen molar-refractivity contribution in [3.05, 3.63) is 53.1 Å². The Morgan fingerprint density at radius 2 is 1.93 bits per heavy atom. The smallest absolute Gasteiger partial charge is 0.265 e. The lowest BCUT2D eigenvalue weighted by Gasteiger charge is -2.29. The van der Waals surface area contributed by atoms with Gasteiger partial charge >= 0.3 is 0 Å². The van der Waals surface area contributed by atoms with Crippen molar-refractivity contribution in [2.75, 3.05) is 24.7 Å². The number of ketones is 1. The Kier molecular flexibility index (Phi) is 6.40. The molecule has 0 spiro atoms. The molecule has 3 rings (SSSR count). The van der Waals surface area contributed by atoms with Gasteiger partial charge in [0.05, 0.1) is 5.69 Å². The Bertz CT molecular complexity index is 984. The fraction of sp³-hybridized carbons (Fsp3) is 0.348. The van der Waals surface area contributed by atoms with Crippen molar-refractivity contribution < 1.29 is 23.9 Å². The zero-order chi connectivity index (χ0) is 21.8. The lowest BCUT2D eigenvalue weighted by Crippen LogP contribution is -2.46. The van der Waals surface area contributed by atoms with Crippen LogP contribution in [0.2, 0.25) is 0 Å². The van der Waals surface area contributed by atoms with Crippen LogP contribution in [0.4, 0.5) is 5.69 Å². The first-order valence-electron chi connectivity index (χ1n) is 9.84. The van der Waals surface area contributed by atoms with Crippen molar-refractivity contribution >= 4 is 23.3 Å². The lowest BCUT2D eigenvalue weighted by molar-refractivity contribution is -0.125. The van der Waals surface area contributed by atoms with E-state index in [0.29, 0.717) is 22.7 Å². The molecule has 158 valence electrons. The molecule has 0 fully saturated rings. The first-order valence-corrected chi connectivity index (χ1v) is 9.84. The average Bonchev–Trinajstić information content (AvgIpc) is 2.68. The van der Waals surface area contributed by atoms with Gasteiger partial charge in [0.15, 0.2) is 19.0 Å².